The fourth-order valence-corrected chi connectivity index (χ4v) is 1.93. The molecule has 1 atom stereocenters. The molecule has 1 aliphatic heterocycles. The van der Waals surface area contributed by atoms with Gasteiger partial charge in [0.2, 0.25) is 0 Å². The van der Waals surface area contributed by atoms with Gasteiger partial charge in [-0.25, -0.2) is 0 Å². The summed E-state index contributed by atoms with van der Waals surface area (Å²) in [4.78, 5) is 0. The van der Waals surface area contributed by atoms with Crippen LogP contribution in [0.25, 0.3) is 0 Å². The molecule has 1 unspecified atom stereocenters. The Morgan fingerprint density at radius 3 is 2.88 bits per heavy atom. The Morgan fingerprint density at radius 1 is 1.38 bits per heavy atom. The predicted molar refractivity (Wildman–Crippen MR) is 64.8 cm³/mol. The minimum atomic E-state index is 0.261. The summed E-state index contributed by atoms with van der Waals surface area (Å²) in [5, 5.41) is 0. The molecule has 0 aliphatic carbocycles. The van der Waals surface area contributed by atoms with E-state index in [-0.39, 0.29) is 6.10 Å². The fourth-order valence-electron chi connectivity index (χ4n) is 1.93. The van der Waals surface area contributed by atoms with E-state index in [1.165, 1.54) is 0 Å². The Kier molecular flexibility index (Phi) is 3.34. The zero-order valence-corrected chi connectivity index (χ0v) is 9.95. The highest BCUT2D eigenvalue weighted by Crippen LogP contribution is 2.25. The minimum absolute atomic E-state index is 0.261. The summed E-state index contributed by atoms with van der Waals surface area (Å²) in [6, 6.07) is 3.96. The Morgan fingerprint density at radius 2 is 2.19 bits per heavy atom. The van der Waals surface area contributed by atoms with E-state index in [1.807, 2.05) is 26.0 Å². The molecule has 1 aliphatic rings. The Labute approximate surface area is 96.5 Å². The van der Waals surface area contributed by atoms with Gasteiger partial charge in [0.25, 0.3) is 0 Å². The van der Waals surface area contributed by atoms with Gasteiger partial charge in [-0.3, -0.25) is 0 Å². The van der Waals surface area contributed by atoms with Gasteiger partial charge in [-0.2, -0.15) is 0 Å². The first kappa shape index (κ1) is 11.3. The van der Waals surface area contributed by atoms with E-state index in [0.717, 1.165) is 42.0 Å². The second-order valence-electron chi connectivity index (χ2n) is 4.42. The number of aryl methyl sites for hydroxylation is 2. The Bertz CT molecular complexity index is 370. The molecule has 0 aromatic heterocycles. The lowest BCUT2D eigenvalue weighted by Gasteiger charge is -2.14. The van der Waals surface area contributed by atoms with Crippen LogP contribution in [0.5, 0.6) is 5.75 Å². The molecule has 1 saturated heterocycles. The van der Waals surface area contributed by atoms with Crippen LogP contribution in [0.2, 0.25) is 0 Å². The standard InChI is InChI=1S/C13H19NO2/c1-9-7-13(10(2)6-12(9)14)16-8-11-4-3-5-15-11/h6-7,11H,3-5,8,14H2,1-2H3. The Hall–Kier alpha value is -1.22. The molecule has 2 rings (SSSR count). The largest absolute Gasteiger partial charge is 0.491 e. The molecule has 0 spiro atoms. The van der Waals surface area contributed by atoms with Gasteiger partial charge >= 0.3 is 0 Å². The van der Waals surface area contributed by atoms with Crippen LogP contribution in [0.15, 0.2) is 12.1 Å². The van der Waals surface area contributed by atoms with Crippen molar-refractivity contribution in [2.24, 2.45) is 0 Å². The van der Waals surface area contributed by atoms with Crippen LogP contribution in [0.1, 0.15) is 24.0 Å². The maximum absolute atomic E-state index is 5.83. The molecule has 16 heavy (non-hydrogen) atoms. The third kappa shape index (κ3) is 2.47. The quantitative estimate of drug-likeness (QED) is 0.797. The number of anilines is 1. The van der Waals surface area contributed by atoms with Gasteiger partial charge in [0.1, 0.15) is 12.4 Å². The molecule has 0 radical (unpaired) electrons. The summed E-state index contributed by atoms with van der Waals surface area (Å²) in [6.45, 7) is 5.52. The first-order valence-electron chi connectivity index (χ1n) is 5.78. The summed E-state index contributed by atoms with van der Waals surface area (Å²) in [6.07, 6.45) is 2.51. The van der Waals surface area contributed by atoms with Gasteiger partial charge in [0, 0.05) is 12.3 Å². The molecular formula is C13H19NO2. The lowest BCUT2D eigenvalue weighted by molar-refractivity contribution is 0.0677. The fraction of sp³-hybridized carbons (Fsp3) is 0.538. The third-order valence-corrected chi connectivity index (χ3v) is 3.01. The minimum Gasteiger partial charge on any atom is -0.491 e. The van der Waals surface area contributed by atoms with Crippen molar-refractivity contribution in [2.45, 2.75) is 32.8 Å². The summed E-state index contributed by atoms with van der Waals surface area (Å²) in [5.74, 6) is 0.919. The van der Waals surface area contributed by atoms with E-state index in [4.69, 9.17) is 15.2 Å². The lowest BCUT2D eigenvalue weighted by Crippen LogP contribution is -2.16. The van der Waals surface area contributed by atoms with Gasteiger partial charge in [-0.15, -0.1) is 0 Å². The van der Waals surface area contributed by atoms with E-state index in [2.05, 4.69) is 0 Å². The lowest BCUT2D eigenvalue weighted by atomic mass is 10.1. The van der Waals surface area contributed by atoms with Crippen LogP contribution >= 0.6 is 0 Å². The summed E-state index contributed by atoms with van der Waals surface area (Å²) in [5.41, 5.74) is 8.80. The SMILES string of the molecule is Cc1cc(OCC2CCCO2)c(C)cc1N. The monoisotopic (exact) mass is 221 g/mol. The average Bonchev–Trinajstić information content (AvgIpc) is 2.74. The number of benzene rings is 1. The molecule has 88 valence electrons. The van der Waals surface area contributed by atoms with E-state index in [0.29, 0.717) is 6.61 Å². The van der Waals surface area contributed by atoms with E-state index < -0.39 is 0 Å². The van der Waals surface area contributed by atoms with Crippen molar-refractivity contribution in [3.05, 3.63) is 23.3 Å². The summed E-state index contributed by atoms with van der Waals surface area (Å²) < 4.78 is 11.3. The summed E-state index contributed by atoms with van der Waals surface area (Å²) in [7, 11) is 0. The molecule has 1 fully saturated rings. The van der Waals surface area contributed by atoms with Crippen molar-refractivity contribution in [3.63, 3.8) is 0 Å². The first-order chi connectivity index (χ1) is 7.66. The molecule has 2 N–H and O–H groups in total. The van der Waals surface area contributed by atoms with Crippen molar-refractivity contribution in [2.75, 3.05) is 18.9 Å². The van der Waals surface area contributed by atoms with Crippen molar-refractivity contribution < 1.29 is 9.47 Å². The normalized spacial score (nSPS) is 20.0. The van der Waals surface area contributed by atoms with Crippen molar-refractivity contribution in [1.29, 1.82) is 0 Å². The van der Waals surface area contributed by atoms with Crippen molar-refractivity contribution >= 4 is 5.69 Å². The van der Waals surface area contributed by atoms with Crippen LogP contribution in [-0.4, -0.2) is 19.3 Å². The highest BCUT2D eigenvalue weighted by atomic mass is 16.5. The van der Waals surface area contributed by atoms with Crippen LogP contribution < -0.4 is 10.5 Å². The van der Waals surface area contributed by atoms with Crippen molar-refractivity contribution in [1.82, 2.24) is 0 Å². The zero-order chi connectivity index (χ0) is 11.5. The maximum atomic E-state index is 5.83. The highest BCUT2D eigenvalue weighted by Gasteiger charge is 2.16. The van der Waals surface area contributed by atoms with Crippen LogP contribution in [0.4, 0.5) is 5.69 Å². The number of nitrogens with two attached hydrogens (primary N) is 1. The molecule has 0 bridgehead atoms. The van der Waals surface area contributed by atoms with E-state index in [1.54, 1.807) is 0 Å². The number of ether oxygens (including phenoxy) is 2. The molecule has 0 amide bonds. The van der Waals surface area contributed by atoms with Crippen LogP contribution in [0.3, 0.4) is 0 Å². The average molecular weight is 221 g/mol. The van der Waals surface area contributed by atoms with Gasteiger partial charge in [0.05, 0.1) is 6.10 Å². The highest BCUT2D eigenvalue weighted by molar-refractivity contribution is 5.53. The second kappa shape index (κ2) is 4.74. The number of nitrogen functional groups attached to an aromatic ring is 1. The molecule has 3 nitrogen and oxygen atoms in total. The first-order valence-corrected chi connectivity index (χ1v) is 5.78. The molecule has 1 heterocycles. The number of rotatable bonds is 3. The van der Waals surface area contributed by atoms with E-state index in [9.17, 15) is 0 Å². The maximum Gasteiger partial charge on any atom is 0.122 e. The number of hydrogen-bond acceptors (Lipinski definition) is 3. The molecule has 1 aromatic carbocycles. The third-order valence-electron chi connectivity index (χ3n) is 3.01. The van der Waals surface area contributed by atoms with Gasteiger partial charge < -0.3 is 15.2 Å². The molecule has 1 aromatic rings. The van der Waals surface area contributed by atoms with E-state index >= 15 is 0 Å². The smallest absolute Gasteiger partial charge is 0.122 e. The molecular weight excluding hydrogens is 202 g/mol. The summed E-state index contributed by atoms with van der Waals surface area (Å²) >= 11 is 0. The molecule has 3 heteroatoms. The predicted octanol–water partition coefficient (Wildman–Crippen LogP) is 2.44. The van der Waals surface area contributed by atoms with Gasteiger partial charge in [-0.1, -0.05) is 0 Å². The van der Waals surface area contributed by atoms with Gasteiger partial charge in [0.15, 0.2) is 0 Å². The number of hydrogen-bond donors (Lipinski definition) is 1. The van der Waals surface area contributed by atoms with Crippen LogP contribution in [0, 0.1) is 13.8 Å². The van der Waals surface area contributed by atoms with Crippen molar-refractivity contribution in [3.8, 4) is 5.75 Å². The second-order valence-corrected chi connectivity index (χ2v) is 4.42. The Balaban J connectivity index is 2.00. The van der Waals surface area contributed by atoms with Crippen LogP contribution in [-0.2, 0) is 4.74 Å². The topological polar surface area (TPSA) is 44.5 Å². The zero-order valence-electron chi connectivity index (χ0n) is 9.95. The molecule has 0 saturated carbocycles. The van der Waals surface area contributed by atoms with Gasteiger partial charge in [-0.05, 0) is 49.9 Å².